The number of nitrogen functional groups attached to an aromatic ring is 1. The normalized spacial score (nSPS) is 25.4. The van der Waals surface area contributed by atoms with Crippen LogP contribution in [0.15, 0.2) is 89.0 Å². The lowest BCUT2D eigenvalue weighted by atomic mass is 9.85. The largest absolute Gasteiger partial charge is 0.507 e. The van der Waals surface area contributed by atoms with E-state index in [1.165, 1.54) is 12.8 Å². The summed E-state index contributed by atoms with van der Waals surface area (Å²) in [6.07, 6.45) is 12.4. The zero-order chi connectivity index (χ0) is 57.1. The number of nitrogens with one attached hydrogen (secondary N) is 1. The number of anilines is 4. The van der Waals surface area contributed by atoms with Crippen molar-refractivity contribution in [3.63, 3.8) is 0 Å². The van der Waals surface area contributed by atoms with Gasteiger partial charge in [0, 0.05) is 112 Å². The molecule has 0 radical (unpaired) electrons. The number of aromatic nitrogens is 5. The number of aryl methyl sites for hydroxylation is 1. The van der Waals surface area contributed by atoms with Crippen molar-refractivity contribution < 1.29 is 33.8 Å². The smallest absolute Gasteiger partial charge is 0.243 e. The number of rotatable bonds is 17. The number of carbonyl (C=O) groups excluding carboxylic acids is 2. The number of thiazole rings is 1. The Morgan fingerprint density at radius 3 is 2.28 bits per heavy atom. The number of piperidine rings is 2. The van der Waals surface area contributed by atoms with Crippen LogP contribution in [0.25, 0.3) is 21.7 Å². The van der Waals surface area contributed by atoms with Crippen molar-refractivity contribution in [1.29, 1.82) is 0 Å². The number of benzene rings is 2. The summed E-state index contributed by atoms with van der Waals surface area (Å²) in [6.45, 7) is 13.5. The van der Waals surface area contributed by atoms with Crippen molar-refractivity contribution in [2.75, 3.05) is 66.2 Å². The molecule has 6 atom stereocenters. The van der Waals surface area contributed by atoms with Crippen molar-refractivity contribution in [2.24, 2.45) is 11.8 Å². The summed E-state index contributed by atoms with van der Waals surface area (Å²) in [5, 5.41) is 37.6. The monoisotopic (exact) mass is 1150 g/mol. The topological polar surface area (TPSA) is 225 Å². The molecule has 2 bridgehead atoms. The highest BCUT2D eigenvalue weighted by molar-refractivity contribution is 7.13. The van der Waals surface area contributed by atoms with Gasteiger partial charge in [0.1, 0.15) is 23.8 Å². The molecular weight excluding hydrogens is 1070 g/mol. The van der Waals surface area contributed by atoms with E-state index in [1.807, 2.05) is 87.9 Å². The number of piperazine rings is 1. The summed E-state index contributed by atoms with van der Waals surface area (Å²) in [5.41, 5.74) is 14.8. The molecule has 5 aliphatic heterocycles. The molecule has 4 aromatic heterocycles. The van der Waals surface area contributed by atoms with E-state index in [0.29, 0.717) is 46.7 Å². The van der Waals surface area contributed by atoms with Crippen LogP contribution < -0.4 is 30.5 Å². The Morgan fingerprint density at radius 2 is 1.58 bits per heavy atom. The van der Waals surface area contributed by atoms with Crippen LogP contribution in [0.4, 0.5) is 23.0 Å². The number of phenols is 1. The van der Waals surface area contributed by atoms with E-state index >= 15 is 0 Å². The van der Waals surface area contributed by atoms with E-state index in [1.54, 1.807) is 28.4 Å². The summed E-state index contributed by atoms with van der Waals surface area (Å²) in [4.78, 5) is 50.0. The van der Waals surface area contributed by atoms with Gasteiger partial charge in [-0.1, -0.05) is 55.4 Å². The molecule has 2 aromatic carbocycles. The van der Waals surface area contributed by atoms with Gasteiger partial charge in [-0.05, 0) is 112 Å². The molecule has 5 saturated heterocycles. The van der Waals surface area contributed by atoms with E-state index in [-0.39, 0.29) is 66.3 Å². The quantitative estimate of drug-likeness (QED) is 0.0671. The van der Waals surface area contributed by atoms with Crippen molar-refractivity contribution in [1.82, 2.24) is 40.4 Å². The maximum Gasteiger partial charge on any atom is 0.243 e. The summed E-state index contributed by atoms with van der Waals surface area (Å²) in [5.74, 6) is 1.78. The maximum absolute atomic E-state index is 14.5. The Balaban J connectivity index is 0.552. The Labute approximate surface area is 489 Å². The van der Waals surface area contributed by atoms with Gasteiger partial charge >= 0.3 is 0 Å². The molecule has 6 aromatic rings. The average molecular weight is 1150 g/mol. The minimum Gasteiger partial charge on any atom is -0.507 e. The third-order valence-electron chi connectivity index (χ3n) is 19.4. The number of hydrogen-bond acceptors (Lipinski definition) is 18. The van der Waals surface area contributed by atoms with Crippen molar-refractivity contribution in [2.45, 2.75) is 158 Å². The highest BCUT2D eigenvalue weighted by Gasteiger charge is 2.55. The van der Waals surface area contributed by atoms with Crippen molar-refractivity contribution >= 4 is 46.2 Å². The number of carbonyl (C=O) groups is 2. The van der Waals surface area contributed by atoms with Crippen molar-refractivity contribution in [3.8, 4) is 33.3 Å². The molecule has 0 spiro atoms. The molecule has 19 nitrogen and oxygen atoms in total. The average Bonchev–Trinajstić information content (AvgIpc) is 2.45. The molecule has 7 aliphatic rings. The van der Waals surface area contributed by atoms with Crippen molar-refractivity contribution in [3.05, 3.63) is 102 Å². The molecule has 9 heterocycles. The molecule has 2 amide bonds. The fraction of sp³-hybridized carbons (Fsp3) is 0.540. The standard InChI is InChI=1S/C63H78N12O7S/c1-37(2)58(62(79)74-35-46(76)28-53(74)61(78)67-38(3)40-9-11-41(12-10-40)59-39(4)66-36-83-59)55-32-56(70-82-55)71-23-16-42(17-24-71)63(20-21-63)73-25-18-47(19-26-73)80-48-29-49(30-48)81-57-27-43(15-22-65-57)75-44-13-14-45(75)34-72(33-44)52-31-51(68-69-60(52)64)50-7-5-6-8-54(50)77/h5-12,15,22,27,31-32,36-38,42,44-49,53,58,76-77H,13-14,16-21,23-26,28-30,33-35H2,1-4H3,(H2,64,69)(H,67,78)/t38-,44?,45?,46+,48?,49?,53-,58+/m0/s1. The maximum atomic E-state index is 14.5. The number of phenolic OH excluding ortho intramolecular Hbond substituents is 1. The number of likely N-dealkylation sites (tertiary alicyclic amines) is 2. The van der Waals surface area contributed by atoms with Gasteiger partial charge in [0.25, 0.3) is 0 Å². The number of pyridine rings is 1. The van der Waals surface area contributed by atoms with Crippen LogP contribution in [0, 0.1) is 18.8 Å². The zero-order valence-corrected chi connectivity index (χ0v) is 48.9. The predicted octanol–water partition coefficient (Wildman–Crippen LogP) is 8.52. The second-order valence-electron chi connectivity index (χ2n) is 24.9. The van der Waals surface area contributed by atoms with E-state index in [4.69, 9.17) is 19.7 Å². The van der Waals surface area contributed by atoms with E-state index in [2.05, 4.69) is 62.4 Å². The zero-order valence-electron chi connectivity index (χ0n) is 48.1. The number of aliphatic hydroxyl groups is 1. The Bertz CT molecular complexity index is 3260. The lowest BCUT2D eigenvalue weighted by Crippen LogP contribution is -2.54. The van der Waals surface area contributed by atoms with Crippen LogP contribution in [0.2, 0.25) is 0 Å². The number of fused-ring (bicyclic) bond motifs is 2. The predicted molar refractivity (Wildman–Crippen MR) is 318 cm³/mol. The molecule has 20 heteroatoms. The van der Waals surface area contributed by atoms with E-state index in [0.717, 1.165) is 130 Å². The molecule has 2 unspecified atom stereocenters. The van der Waals surface area contributed by atoms with Gasteiger partial charge < -0.3 is 54.9 Å². The number of ether oxygens (including phenoxy) is 2. The van der Waals surface area contributed by atoms with Crippen LogP contribution in [0.1, 0.15) is 120 Å². The number of aromatic hydroxyl groups is 1. The Hall–Kier alpha value is -6.87. The molecule has 2 saturated carbocycles. The fourth-order valence-corrected chi connectivity index (χ4v) is 15.5. The van der Waals surface area contributed by atoms with Gasteiger partial charge in [-0.15, -0.1) is 21.5 Å². The lowest BCUT2D eigenvalue weighted by molar-refractivity contribution is -0.141. The highest BCUT2D eigenvalue weighted by Crippen LogP contribution is 2.53. The lowest BCUT2D eigenvalue weighted by Gasteiger charge is -2.45. The molecule has 2 aliphatic carbocycles. The summed E-state index contributed by atoms with van der Waals surface area (Å²) >= 11 is 1.60. The van der Waals surface area contributed by atoms with Crippen LogP contribution in [0.3, 0.4) is 0 Å². The van der Waals surface area contributed by atoms with Gasteiger partial charge in [0.2, 0.25) is 17.7 Å². The highest BCUT2D eigenvalue weighted by atomic mass is 32.1. The molecule has 7 fully saturated rings. The summed E-state index contributed by atoms with van der Waals surface area (Å²) < 4.78 is 19.2. The molecular formula is C63H78N12O7S. The fourth-order valence-electron chi connectivity index (χ4n) is 14.7. The summed E-state index contributed by atoms with van der Waals surface area (Å²) in [7, 11) is 0. The van der Waals surface area contributed by atoms with Crippen LogP contribution in [-0.2, 0) is 14.3 Å². The number of hydrogen-bond donors (Lipinski definition) is 4. The number of β-amino-alcohol motifs (C(OH)–C–C–N with tert-alkyl or cyclic N) is 1. The van der Waals surface area contributed by atoms with E-state index < -0.39 is 18.1 Å². The first kappa shape index (κ1) is 55.3. The van der Waals surface area contributed by atoms with Crippen LogP contribution in [-0.4, -0.2) is 151 Å². The third-order valence-corrected chi connectivity index (χ3v) is 20.3. The second kappa shape index (κ2) is 22.9. The second-order valence-corrected chi connectivity index (χ2v) is 25.8. The first-order valence-electron chi connectivity index (χ1n) is 30.2. The number of nitrogens with zero attached hydrogens (tertiary/aromatic N) is 10. The summed E-state index contributed by atoms with van der Waals surface area (Å²) in [6, 6.07) is 22.9. The van der Waals surface area contributed by atoms with Gasteiger partial charge in [-0.25, -0.2) is 9.97 Å². The first-order valence-corrected chi connectivity index (χ1v) is 31.1. The van der Waals surface area contributed by atoms with Gasteiger partial charge in [-0.3, -0.25) is 14.5 Å². The number of para-hydroxylation sites is 1. The molecule has 83 heavy (non-hydrogen) atoms. The van der Waals surface area contributed by atoms with Crippen LogP contribution in [0.5, 0.6) is 11.6 Å². The van der Waals surface area contributed by atoms with Gasteiger partial charge in [0.05, 0.1) is 51.8 Å². The number of amides is 2. The molecule has 438 valence electrons. The Morgan fingerprint density at radius 1 is 0.831 bits per heavy atom. The molecule has 5 N–H and O–H groups in total. The first-order chi connectivity index (χ1) is 40.2. The molecule has 13 rings (SSSR count). The van der Waals surface area contributed by atoms with Gasteiger partial charge in [-0.2, -0.15) is 0 Å². The SMILES string of the molecule is Cc1ncsc1-c1ccc([C@H](C)NC(=O)[C@@H]2C[C@@H](O)CN2C(=O)[C@@H](c2cc(N3CCC(C4(N5CCC(OC6CC(Oc7cc(N8C9CCC8CN(c8cc(-c%10ccccc%10O)nnc8N)C9)ccn7)C6)CC5)CC4)CC3)no2)C(C)C)cc1. The van der Waals surface area contributed by atoms with Gasteiger partial charge in [0.15, 0.2) is 17.4 Å². The Kier molecular flexibility index (Phi) is 15.3. The van der Waals surface area contributed by atoms with Crippen LogP contribution >= 0.6 is 11.3 Å². The minimum atomic E-state index is -0.803. The minimum absolute atomic E-state index is 0.0859. The van der Waals surface area contributed by atoms with E-state index in [9.17, 15) is 19.8 Å². The number of aliphatic hydroxyl groups excluding tert-OH is 1. The third kappa shape index (κ3) is 11.1. The number of nitrogens with two attached hydrogens (primary N) is 1.